The van der Waals surface area contributed by atoms with Gasteiger partial charge < -0.3 is 15.4 Å². The van der Waals surface area contributed by atoms with Crippen molar-refractivity contribution < 1.29 is 9.53 Å². The lowest BCUT2D eigenvalue weighted by atomic mass is 9.78. The van der Waals surface area contributed by atoms with Crippen LogP contribution in [0.3, 0.4) is 0 Å². The molecule has 1 aliphatic carbocycles. The molecule has 2 N–H and O–H groups in total. The van der Waals surface area contributed by atoms with Crippen LogP contribution in [-0.4, -0.2) is 35.8 Å². The van der Waals surface area contributed by atoms with Crippen LogP contribution in [0.4, 0.5) is 4.79 Å². The highest BCUT2D eigenvalue weighted by Gasteiger charge is 2.38. The average molecular weight is 317 g/mol. The number of aromatic nitrogens is 1. The van der Waals surface area contributed by atoms with E-state index in [0.29, 0.717) is 6.54 Å². The van der Waals surface area contributed by atoms with Gasteiger partial charge in [0.05, 0.1) is 5.60 Å². The fourth-order valence-electron chi connectivity index (χ4n) is 3.80. The molecule has 2 amide bonds. The number of rotatable bonds is 4. The SMILES string of the molecule is O=C(NCCc1cccnc1)N[C@@H]1CCOC2(CCCCC2)C1. The van der Waals surface area contributed by atoms with Crippen molar-refractivity contribution in [3.05, 3.63) is 30.1 Å². The Balaban J connectivity index is 1.40. The van der Waals surface area contributed by atoms with E-state index in [9.17, 15) is 4.79 Å². The van der Waals surface area contributed by atoms with Gasteiger partial charge in [-0.3, -0.25) is 4.98 Å². The van der Waals surface area contributed by atoms with Gasteiger partial charge in [0, 0.05) is 31.6 Å². The molecule has 1 atom stereocenters. The lowest BCUT2D eigenvalue weighted by Gasteiger charge is -2.43. The Labute approximate surface area is 138 Å². The van der Waals surface area contributed by atoms with Gasteiger partial charge in [0.15, 0.2) is 0 Å². The van der Waals surface area contributed by atoms with Crippen molar-refractivity contribution in [1.29, 1.82) is 0 Å². The molecule has 3 rings (SSSR count). The van der Waals surface area contributed by atoms with Gasteiger partial charge in [-0.15, -0.1) is 0 Å². The molecule has 5 nitrogen and oxygen atoms in total. The Kier molecular flexibility index (Phi) is 5.49. The largest absolute Gasteiger partial charge is 0.375 e. The third kappa shape index (κ3) is 4.67. The van der Waals surface area contributed by atoms with Crippen LogP contribution >= 0.6 is 0 Å². The first-order valence-corrected chi connectivity index (χ1v) is 8.83. The molecular weight excluding hydrogens is 290 g/mol. The van der Waals surface area contributed by atoms with Crippen LogP contribution < -0.4 is 10.6 Å². The predicted molar refractivity (Wildman–Crippen MR) is 89.3 cm³/mol. The molecule has 0 bridgehead atoms. The summed E-state index contributed by atoms with van der Waals surface area (Å²) >= 11 is 0. The second-order valence-corrected chi connectivity index (χ2v) is 6.79. The number of hydrogen-bond donors (Lipinski definition) is 2. The zero-order chi connectivity index (χ0) is 16.0. The van der Waals surface area contributed by atoms with Crippen LogP contribution in [0.15, 0.2) is 24.5 Å². The Hall–Kier alpha value is -1.62. The predicted octanol–water partition coefficient (Wildman–Crippen LogP) is 2.81. The van der Waals surface area contributed by atoms with Crippen LogP contribution in [0.1, 0.15) is 50.5 Å². The summed E-state index contributed by atoms with van der Waals surface area (Å²) < 4.78 is 6.08. The molecule has 1 aliphatic heterocycles. The number of pyridine rings is 1. The first-order chi connectivity index (χ1) is 11.3. The monoisotopic (exact) mass is 317 g/mol. The Morgan fingerprint density at radius 1 is 1.35 bits per heavy atom. The van der Waals surface area contributed by atoms with Gasteiger partial charge >= 0.3 is 6.03 Å². The number of carbonyl (C=O) groups is 1. The van der Waals surface area contributed by atoms with Crippen LogP contribution in [0.25, 0.3) is 0 Å². The molecule has 1 saturated carbocycles. The molecule has 23 heavy (non-hydrogen) atoms. The maximum atomic E-state index is 12.1. The van der Waals surface area contributed by atoms with E-state index in [1.165, 1.54) is 19.3 Å². The molecule has 2 fully saturated rings. The summed E-state index contributed by atoms with van der Waals surface area (Å²) in [6.45, 7) is 1.40. The van der Waals surface area contributed by atoms with E-state index in [2.05, 4.69) is 15.6 Å². The number of nitrogens with zero attached hydrogens (tertiary/aromatic N) is 1. The lowest BCUT2D eigenvalue weighted by Crippen LogP contribution is -2.51. The van der Waals surface area contributed by atoms with Gasteiger partial charge in [-0.05, 0) is 43.7 Å². The highest BCUT2D eigenvalue weighted by Crippen LogP contribution is 2.38. The Bertz CT molecular complexity index is 495. The number of carbonyl (C=O) groups excluding carboxylic acids is 1. The van der Waals surface area contributed by atoms with Crippen molar-refractivity contribution >= 4 is 6.03 Å². The number of amides is 2. The molecule has 0 unspecified atom stereocenters. The van der Waals surface area contributed by atoms with Crippen LogP contribution in [0.5, 0.6) is 0 Å². The van der Waals surface area contributed by atoms with E-state index in [-0.39, 0.29) is 17.7 Å². The number of hydrogen-bond acceptors (Lipinski definition) is 3. The maximum absolute atomic E-state index is 12.1. The van der Waals surface area contributed by atoms with E-state index in [1.807, 2.05) is 18.3 Å². The second-order valence-electron chi connectivity index (χ2n) is 6.79. The first kappa shape index (κ1) is 16.2. The quantitative estimate of drug-likeness (QED) is 0.897. The fraction of sp³-hybridized carbons (Fsp3) is 0.667. The van der Waals surface area contributed by atoms with E-state index in [4.69, 9.17) is 4.74 Å². The lowest BCUT2D eigenvalue weighted by molar-refractivity contribution is -0.107. The van der Waals surface area contributed by atoms with Gasteiger partial charge in [-0.25, -0.2) is 4.79 Å². The molecule has 2 aliphatic rings. The highest BCUT2D eigenvalue weighted by molar-refractivity contribution is 5.74. The molecule has 2 heterocycles. The molecular formula is C18H27N3O2. The van der Waals surface area contributed by atoms with Gasteiger partial charge in [-0.2, -0.15) is 0 Å². The summed E-state index contributed by atoms with van der Waals surface area (Å²) in [5.41, 5.74) is 1.17. The summed E-state index contributed by atoms with van der Waals surface area (Å²) in [6, 6.07) is 4.12. The summed E-state index contributed by atoms with van der Waals surface area (Å²) in [4.78, 5) is 16.2. The number of urea groups is 1. The summed E-state index contributed by atoms with van der Waals surface area (Å²) in [5, 5.41) is 6.08. The van der Waals surface area contributed by atoms with Crippen LogP contribution in [-0.2, 0) is 11.2 Å². The van der Waals surface area contributed by atoms with Gasteiger partial charge in [0.1, 0.15) is 0 Å². The molecule has 0 aromatic carbocycles. The molecule has 0 radical (unpaired) electrons. The smallest absolute Gasteiger partial charge is 0.315 e. The van der Waals surface area contributed by atoms with Crippen molar-refractivity contribution in [2.24, 2.45) is 0 Å². The Morgan fingerprint density at radius 3 is 3.00 bits per heavy atom. The van der Waals surface area contributed by atoms with Crippen molar-refractivity contribution in [2.75, 3.05) is 13.2 Å². The van der Waals surface area contributed by atoms with E-state index in [0.717, 1.165) is 44.3 Å². The van der Waals surface area contributed by atoms with Crippen molar-refractivity contribution in [3.63, 3.8) is 0 Å². The zero-order valence-electron chi connectivity index (χ0n) is 13.7. The molecule has 1 aromatic heterocycles. The van der Waals surface area contributed by atoms with Crippen molar-refractivity contribution in [2.45, 2.75) is 63.0 Å². The summed E-state index contributed by atoms with van der Waals surface area (Å²) in [5.74, 6) is 0. The molecule has 1 saturated heterocycles. The zero-order valence-corrected chi connectivity index (χ0v) is 13.7. The third-order valence-corrected chi connectivity index (χ3v) is 5.01. The van der Waals surface area contributed by atoms with Crippen LogP contribution in [0, 0.1) is 0 Å². The van der Waals surface area contributed by atoms with Crippen LogP contribution in [0.2, 0.25) is 0 Å². The number of ether oxygens (including phenoxy) is 1. The molecule has 126 valence electrons. The summed E-state index contributed by atoms with van der Waals surface area (Å²) in [7, 11) is 0. The van der Waals surface area contributed by atoms with E-state index >= 15 is 0 Å². The minimum Gasteiger partial charge on any atom is -0.375 e. The normalized spacial score (nSPS) is 23.4. The van der Waals surface area contributed by atoms with E-state index in [1.54, 1.807) is 6.20 Å². The summed E-state index contributed by atoms with van der Waals surface area (Å²) in [6.07, 6.45) is 12.4. The maximum Gasteiger partial charge on any atom is 0.315 e. The van der Waals surface area contributed by atoms with Gasteiger partial charge in [0.2, 0.25) is 0 Å². The Morgan fingerprint density at radius 2 is 2.22 bits per heavy atom. The second kappa shape index (κ2) is 7.77. The average Bonchev–Trinajstić information content (AvgIpc) is 2.56. The molecule has 1 spiro atoms. The fourth-order valence-corrected chi connectivity index (χ4v) is 3.80. The highest BCUT2D eigenvalue weighted by atomic mass is 16.5. The van der Waals surface area contributed by atoms with Crippen molar-refractivity contribution in [3.8, 4) is 0 Å². The van der Waals surface area contributed by atoms with Crippen molar-refractivity contribution in [1.82, 2.24) is 15.6 Å². The molecule has 1 aromatic rings. The standard InChI is InChI=1S/C18H27N3O2/c22-17(20-11-6-15-5-4-10-19-14-15)21-16-7-12-23-18(13-16)8-2-1-3-9-18/h4-5,10,14,16H,1-3,6-9,11-13H2,(H2,20,21,22)/t16-/m1/s1. The minimum atomic E-state index is -0.0632. The third-order valence-electron chi connectivity index (χ3n) is 5.01. The van der Waals surface area contributed by atoms with E-state index < -0.39 is 0 Å². The van der Waals surface area contributed by atoms with Gasteiger partial charge in [-0.1, -0.05) is 25.3 Å². The van der Waals surface area contributed by atoms with Gasteiger partial charge in [0.25, 0.3) is 0 Å². The minimum absolute atomic E-state index is 0.0319. The molecule has 5 heteroatoms. The topological polar surface area (TPSA) is 63.2 Å². The number of nitrogens with one attached hydrogen (secondary N) is 2. The first-order valence-electron chi connectivity index (χ1n) is 8.83.